The standard InChI is InChI=1S/C17H18BrN3O3S2/c1-12-2-3-13-14(10-12)24-16(19-13)11-20-6-8-21(9-7-20)26(22,23)17-5-4-15(18)25-17/h2-5,10H,6-9,11H2,1H3. The van der Waals surface area contributed by atoms with Gasteiger partial charge in [0.15, 0.2) is 5.58 Å². The lowest BCUT2D eigenvalue weighted by Crippen LogP contribution is -2.48. The molecule has 0 saturated carbocycles. The van der Waals surface area contributed by atoms with Gasteiger partial charge in [-0.2, -0.15) is 4.31 Å². The summed E-state index contributed by atoms with van der Waals surface area (Å²) in [6, 6.07) is 9.37. The average Bonchev–Trinajstić information content (AvgIpc) is 3.21. The highest BCUT2D eigenvalue weighted by atomic mass is 79.9. The summed E-state index contributed by atoms with van der Waals surface area (Å²) >= 11 is 4.57. The van der Waals surface area contributed by atoms with Crippen molar-refractivity contribution < 1.29 is 12.8 Å². The molecule has 0 aliphatic carbocycles. The van der Waals surface area contributed by atoms with E-state index in [2.05, 4.69) is 25.8 Å². The van der Waals surface area contributed by atoms with E-state index in [-0.39, 0.29) is 0 Å². The van der Waals surface area contributed by atoms with Crippen LogP contribution < -0.4 is 0 Å². The van der Waals surface area contributed by atoms with Crippen molar-refractivity contribution in [2.75, 3.05) is 26.2 Å². The first-order valence-corrected chi connectivity index (χ1v) is 11.3. The Bertz CT molecular complexity index is 1040. The molecule has 0 bridgehead atoms. The van der Waals surface area contributed by atoms with E-state index in [9.17, 15) is 8.42 Å². The summed E-state index contributed by atoms with van der Waals surface area (Å²) in [7, 11) is -3.41. The summed E-state index contributed by atoms with van der Waals surface area (Å²) < 4.78 is 33.9. The number of hydrogen-bond acceptors (Lipinski definition) is 6. The van der Waals surface area contributed by atoms with Gasteiger partial charge >= 0.3 is 0 Å². The molecule has 0 atom stereocenters. The monoisotopic (exact) mass is 455 g/mol. The van der Waals surface area contributed by atoms with Gasteiger partial charge in [-0.1, -0.05) is 6.07 Å². The lowest BCUT2D eigenvalue weighted by Gasteiger charge is -2.32. The summed E-state index contributed by atoms with van der Waals surface area (Å²) in [6.45, 7) is 4.86. The third-order valence-corrected chi connectivity index (χ3v) is 8.41. The van der Waals surface area contributed by atoms with E-state index < -0.39 is 10.0 Å². The summed E-state index contributed by atoms with van der Waals surface area (Å²) in [4.78, 5) is 6.70. The summed E-state index contributed by atoms with van der Waals surface area (Å²) in [5.74, 6) is 0.670. The van der Waals surface area contributed by atoms with Crippen LogP contribution in [0.5, 0.6) is 0 Å². The number of halogens is 1. The Labute approximate surface area is 164 Å². The molecule has 1 fully saturated rings. The first-order chi connectivity index (χ1) is 12.4. The van der Waals surface area contributed by atoms with Crippen molar-refractivity contribution in [3.8, 4) is 0 Å². The van der Waals surface area contributed by atoms with Crippen molar-refractivity contribution in [3.05, 3.63) is 45.6 Å². The lowest BCUT2D eigenvalue weighted by atomic mass is 10.2. The smallest absolute Gasteiger partial charge is 0.252 e. The maximum atomic E-state index is 12.7. The van der Waals surface area contributed by atoms with Gasteiger partial charge in [-0.25, -0.2) is 13.4 Å². The van der Waals surface area contributed by atoms with Gasteiger partial charge in [0.2, 0.25) is 5.89 Å². The van der Waals surface area contributed by atoms with E-state index >= 15 is 0 Å². The van der Waals surface area contributed by atoms with Gasteiger partial charge in [0, 0.05) is 26.2 Å². The van der Waals surface area contributed by atoms with Crippen LogP contribution in [-0.2, 0) is 16.6 Å². The van der Waals surface area contributed by atoms with Crippen LogP contribution in [0.3, 0.4) is 0 Å². The van der Waals surface area contributed by atoms with Gasteiger partial charge in [0.1, 0.15) is 9.73 Å². The Kier molecular flexibility index (Phi) is 4.91. The van der Waals surface area contributed by atoms with E-state index in [1.165, 1.54) is 11.3 Å². The fourth-order valence-electron chi connectivity index (χ4n) is 3.03. The van der Waals surface area contributed by atoms with Crippen LogP contribution >= 0.6 is 27.3 Å². The van der Waals surface area contributed by atoms with Crippen LogP contribution in [0.15, 0.2) is 42.7 Å². The highest BCUT2D eigenvalue weighted by Crippen LogP contribution is 2.29. The van der Waals surface area contributed by atoms with Crippen molar-refractivity contribution >= 4 is 48.4 Å². The van der Waals surface area contributed by atoms with Crippen LogP contribution in [0.1, 0.15) is 11.5 Å². The zero-order valence-electron chi connectivity index (χ0n) is 14.2. The summed E-state index contributed by atoms with van der Waals surface area (Å²) in [6.07, 6.45) is 0. The molecule has 4 rings (SSSR count). The highest BCUT2D eigenvalue weighted by Gasteiger charge is 2.30. The second kappa shape index (κ2) is 7.05. The predicted octanol–water partition coefficient (Wildman–Crippen LogP) is 3.47. The summed E-state index contributed by atoms with van der Waals surface area (Å²) in [5.41, 5.74) is 2.79. The van der Waals surface area contributed by atoms with E-state index in [4.69, 9.17) is 4.42 Å². The molecule has 2 aromatic heterocycles. The minimum Gasteiger partial charge on any atom is -0.439 e. The molecule has 3 heterocycles. The van der Waals surface area contributed by atoms with Crippen LogP contribution in [0.4, 0.5) is 0 Å². The highest BCUT2D eigenvalue weighted by molar-refractivity contribution is 9.11. The van der Waals surface area contributed by atoms with Gasteiger partial charge in [0.25, 0.3) is 10.0 Å². The van der Waals surface area contributed by atoms with Crippen molar-refractivity contribution in [3.63, 3.8) is 0 Å². The maximum absolute atomic E-state index is 12.7. The molecule has 26 heavy (non-hydrogen) atoms. The number of rotatable bonds is 4. The zero-order valence-corrected chi connectivity index (χ0v) is 17.4. The van der Waals surface area contributed by atoms with E-state index in [1.807, 2.05) is 25.1 Å². The first-order valence-electron chi connectivity index (χ1n) is 8.26. The van der Waals surface area contributed by atoms with Gasteiger partial charge in [-0.05, 0) is 52.7 Å². The minimum absolute atomic E-state index is 0.382. The van der Waals surface area contributed by atoms with Crippen molar-refractivity contribution in [1.29, 1.82) is 0 Å². The molecule has 1 aromatic carbocycles. The molecule has 0 N–H and O–H groups in total. The number of fused-ring (bicyclic) bond motifs is 1. The maximum Gasteiger partial charge on any atom is 0.252 e. The molecule has 6 nitrogen and oxygen atoms in total. The molecule has 0 spiro atoms. The first kappa shape index (κ1) is 18.1. The fraction of sp³-hybridized carbons (Fsp3) is 0.353. The Balaban J connectivity index is 1.41. The number of oxazole rings is 1. The molecule has 9 heteroatoms. The number of piperazine rings is 1. The molecule has 1 aliphatic rings. The second-order valence-electron chi connectivity index (χ2n) is 6.32. The molecule has 0 radical (unpaired) electrons. The molecule has 0 unspecified atom stereocenters. The van der Waals surface area contributed by atoms with Gasteiger partial charge in [0.05, 0.1) is 10.3 Å². The quantitative estimate of drug-likeness (QED) is 0.602. The topological polar surface area (TPSA) is 66.7 Å². The Morgan fingerprint density at radius 1 is 1.19 bits per heavy atom. The molecule has 1 aliphatic heterocycles. The number of aromatic nitrogens is 1. The van der Waals surface area contributed by atoms with Crippen molar-refractivity contribution in [2.24, 2.45) is 0 Å². The normalized spacial score (nSPS) is 17.2. The number of benzene rings is 1. The molecule has 0 amide bonds. The van der Waals surface area contributed by atoms with E-state index in [1.54, 1.807) is 16.4 Å². The minimum atomic E-state index is -3.41. The SMILES string of the molecule is Cc1ccc2nc(CN3CCN(S(=O)(=O)c4ccc(Br)s4)CC3)oc2c1. The Morgan fingerprint density at radius 2 is 1.96 bits per heavy atom. The average molecular weight is 456 g/mol. The number of nitrogens with zero attached hydrogens (tertiary/aromatic N) is 3. The number of hydrogen-bond donors (Lipinski definition) is 0. The molecule has 3 aromatic rings. The largest absolute Gasteiger partial charge is 0.439 e. The van der Waals surface area contributed by atoms with Crippen LogP contribution in [0, 0.1) is 6.92 Å². The molecular weight excluding hydrogens is 438 g/mol. The third-order valence-electron chi connectivity index (χ3n) is 4.42. The van der Waals surface area contributed by atoms with Gasteiger partial charge in [-0.3, -0.25) is 4.90 Å². The van der Waals surface area contributed by atoms with Crippen LogP contribution in [0.25, 0.3) is 11.1 Å². The number of sulfonamides is 1. The van der Waals surface area contributed by atoms with Crippen LogP contribution in [0.2, 0.25) is 0 Å². The van der Waals surface area contributed by atoms with Crippen molar-refractivity contribution in [2.45, 2.75) is 17.7 Å². The third kappa shape index (κ3) is 3.59. The lowest BCUT2D eigenvalue weighted by molar-refractivity contribution is 0.169. The second-order valence-corrected chi connectivity index (χ2v) is 10.9. The van der Waals surface area contributed by atoms with Gasteiger partial charge in [-0.15, -0.1) is 11.3 Å². The van der Waals surface area contributed by atoms with Gasteiger partial charge < -0.3 is 4.42 Å². The predicted molar refractivity (Wildman–Crippen MR) is 105 cm³/mol. The molecule has 1 saturated heterocycles. The zero-order chi connectivity index (χ0) is 18.3. The Morgan fingerprint density at radius 3 is 2.65 bits per heavy atom. The number of aryl methyl sites for hydroxylation is 1. The molecule has 138 valence electrons. The Hall–Kier alpha value is -1.26. The molecular formula is C17H18BrN3O3S2. The van der Waals surface area contributed by atoms with E-state index in [0.717, 1.165) is 20.4 Å². The fourth-order valence-corrected chi connectivity index (χ4v) is 6.62. The van der Waals surface area contributed by atoms with Crippen LogP contribution in [-0.4, -0.2) is 48.8 Å². The number of thiophene rings is 1. The van der Waals surface area contributed by atoms with E-state index in [0.29, 0.717) is 42.8 Å². The van der Waals surface area contributed by atoms with Crippen molar-refractivity contribution in [1.82, 2.24) is 14.2 Å². The summed E-state index contributed by atoms with van der Waals surface area (Å²) in [5, 5.41) is 0.